The maximum absolute atomic E-state index is 5.46. The van der Waals surface area contributed by atoms with Gasteiger partial charge in [-0.2, -0.15) is 5.10 Å². The van der Waals surface area contributed by atoms with Crippen LogP contribution in [0.4, 0.5) is 0 Å². The van der Waals surface area contributed by atoms with Crippen LogP contribution in [-0.2, 0) is 17.8 Å². The first kappa shape index (κ1) is 11.0. The second-order valence-corrected chi connectivity index (χ2v) is 5.02. The number of aromatic nitrogens is 2. The van der Waals surface area contributed by atoms with Gasteiger partial charge in [0.15, 0.2) is 0 Å². The SMILES string of the molecule is Cc1ccc(-n2nc(Br)c3c2CCOC3)cc1. The van der Waals surface area contributed by atoms with Gasteiger partial charge in [0.25, 0.3) is 0 Å². The van der Waals surface area contributed by atoms with Crippen LogP contribution >= 0.6 is 15.9 Å². The summed E-state index contributed by atoms with van der Waals surface area (Å²) in [6, 6.07) is 8.42. The van der Waals surface area contributed by atoms with Crippen LogP contribution in [0.1, 0.15) is 16.8 Å². The maximum Gasteiger partial charge on any atom is 0.134 e. The molecule has 1 aliphatic rings. The van der Waals surface area contributed by atoms with Crippen molar-refractivity contribution in [2.24, 2.45) is 0 Å². The molecule has 2 heterocycles. The first-order valence-electron chi connectivity index (χ1n) is 5.67. The molecule has 0 unspecified atom stereocenters. The molecule has 1 aromatic carbocycles. The van der Waals surface area contributed by atoms with Gasteiger partial charge in [-0.15, -0.1) is 0 Å². The van der Waals surface area contributed by atoms with Crippen molar-refractivity contribution in [2.75, 3.05) is 6.61 Å². The van der Waals surface area contributed by atoms with Crippen LogP contribution in [0.5, 0.6) is 0 Å². The van der Waals surface area contributed by atoms with Gasteiger partial charge in [-0.05, 0) is 35.0 Å². The summed E-state index contributed by atoms with van der Waals surface area (Å²) in [4.78, 5) is 0. The van der Waals surface area contributed by atoms with Crippen molar-refractivity contribution in [3.05, 3.63) is 45.7 Å². The third-order valence-electron chi connectivity index (χ3n) is 3.05. The lowest BCUT2D eigenvalue weighted by Gasteiger charge is -2.14. The number of rotatable bonds is 1. The molecule has 1 aromatic heterocycles. The van der Waals surface area contributed by atoms with E-state index < -0.39 is 0 Å². The van der Waals surface area contributed by atoms with Gasteiger partial charge in [-0.1, -0.05) is 17.7 Å². The van der Waals surface area contributed by atoms with E-state index >= 15 is 0 Å². The molecule has 0 aliphatic carbocycles. The van der Waals surface area contributed by atoms with Crippen LogP contribution in [0.3, 0.4) is 0 Å². The van der Waals surface area contributed by atoms with Gasteiger partial charge >= 0.3 is 0 Å². The zero-order valence-corrected chi connectivity index (χ0v) is 11.2. The van der Waals surface area contributed by atoms with Gasteiger partial charge in [0.2, 0.25) is 0 Å². The van der Waals surface area contributed by atoms with Gasteiger partial charge in [0.05, 0.1) is 24.6 Å². The van der Waals surface area contributed by atoms with Crippen molar-refractivity contribution in [2.45, 2.75) is 20.0 Å². The Balaban J connectivity index is 2.11. The summed E-state index contributed by atoms with van der Waals surface area (Å²) >= 11 is 3.50. The van der Waals surface area contributed by atoms with Gasteiger partial charge in [-0.25, -0.2) is 4.68 Å². The van der Waals surface area contributed by atoms with Crippen LogP contribution < -0.4 is 0 Å². The van der Waals surface area contributed by atoms with Crippen LogP contribution in [0.15, 0.2) is 28.9 Å². The number of hydrogen-bond donors (Lipinski definition) is 0. The molecule has 3 rings (SSSR count). The van der Waals surface area contributed by atoms with Crippen molar-refractivity contribution in [1.29, 1.82) is 0 Å². The van der Waals surface area contributed by atoms with Crippen molar-refractivity contribution in [1.82, 2.24) is 9.78 Å². The Hall–Kier alpha value is -1.13. The molecule has 3 nitrogen and oxygen atoms in total. The Bertz CT molecular complexity index is 545. The Morgan fingerprint density at radius 3 is 2.82 bits per heavy atom. The Labute approximate surface area is 109 Å². The lowest BCUT2D eigenvalue weighted by Crippen LogP contribution is -2.12. The van der Waals surface area contributed by atoms with Crippen molar-refractivity contribution in [3.8, 4) is 5.69 Å². The van der Waals surface area contributed by atoms with E-state index in [4.69, 9.17) is 4.74 Å². The fourth-order valence-corrected chi connectivity index (χ4v) is 2.60. The van der Waals surface area contributed by atoms with Crippen LogP contribution in [-0.4, -0.2) is 16.4 Å². The molecule has 0 N–H and O–H groups in total. The maximum atomic E-state index is 5.46. The molecule has 4 heteroatoms. The number of fused-ring (bicyclic) bond motifs is 1. The predicted octanol–water partition coefficient (Wildman–Crippen LogP) is 3.02. The van der Waals surface area contributed by atoms with Crippen molar-refractivity contribution < 1.29 is 4.74 Å². The van der Waals surface area contributed by atoms with Crippen LogP contribution in [0.25, 0.3) is 5.69 Å². The third-order valence-corrected chi connectivity index (χ3v) is 3.69. The van der Waals surface area contributed by atoms with Gasteiger partial charge in [0, 0.05) is 12.0 Å². The minimum absolute atomic E-state index is 0.655. The summed E-state index contributed by atoms with van der Waals surface area (Å²) in [6.45, 7) is 3.52. The number of aryl methyl sites for hydroxylation is 1. The molecule has 0 saturated heterocycles. The summed E-state index contributed by atoms with van der Waals surface area (Å²) in [6.07, 6.45) is 0.918. The smallest absolute Gasteiger partial charge is 0.134 e. The quantitative estimate of drug-likeness (QED) is 0.808. The molecule has 0 fully saturated rings. The minimum Gasteiger partial charge on any atom is -0.376 e. The Kier molecular flexibility index (Phi) is 2.76. The number of hydrogen-bond acceptors (Lipinski definition) is 2. The summed E-state index contributed by atoms with van der Waals surface area (Å²) < 4.78 is 8.37. The lowest BCUT2D eigenvalue weighted by molar-refractivity contribution is 0.109. The summed E-state index contributed by atoms with van der Waals surface area (Å²) in [7, 11) is 0. The van der Waals surface area contributed by atoms with E-state index in [1.165, 1.54) is 16.8 Å². The molecule has 0 saturated carbocycles. The molecule has 0 spiro atoms. The normalized spacial score (nSPS) is 14.7. The predicted molar refractivity (Wildman–Crippen MR) is 69.4 cm³/mol. The minimum atomic E-state index is 0.655. The van der Waals surface area contributed by atoms with Crippen LogP contribution in [0.2, 0.25) is 0 Å². The highest BCUT2D eigenvalue weighted by molar-refractivity contribution is 9.10. The first-order chi connectivity index (χ1) is 8.25. The zero-order chi connectivity index (χ0) is 11.8. The van der Waals surface area contributed by atoms with Crippen molar-refractivity contribution >= 4 is 15.9 Å². The Morgan fingerprint density at radius 1 is 1.29 bits per heavy atom. The molecule has 0 amide bonds. The third kappa shape index (κ3) is 1.91. The molecule has 2 aromatic rings. The van der Waals surface area contributed by atoms with E-state index in [-0.39, 0.29) is 0 Å². The highest BCUT2D eigenvalue weighted by atomic mass is 79.9. The second-order valence-electron chi connectivity index (χ2n) is 4.27. The second kappa shape index (κ2) is 4.27. The van der Waals surface area contributed by atoms with Gasteiger partial charge in [-0.3, -0.25) is 0 Å². The first-order valence-corrected chi connectivity index (χ1v) is 6.46. The van der Waals surface area contributed by atoms with E-state index in [2.05, 4.69) is 52.2 Å². The number of ether oxygens (including phenoxy) is 1. The number of benzene rings is 1. The monoisotopic (exact) mass is 292 g/mol. The molecule has 0 radical (unpaired) electrons. The highest BCUT2D eigenvalue weighted by Gasteiger charge is 2.20. The topological polar surface area (TPSA) is 27.1 Å². The standard InChI is InChI=1S/C13H13BrN2O/c1-9-2-4-10(5-3-9)16-12-6-7-17-8-11(12)13(14)15-16/h2-5H,6-8H2,1H3. The molecule has 17 heavy (non-hydrogen) atoms. The molecular weight excluding hydrogens is 280 g/mol. The average Bonchev–Trinajstić information content (AvgIpc) is 2.69. The molecule has 0 bridgehead atoms. The largest absolute Gasteiger partial charge is 0.376 e. The molecule has 0 atom stereocenters. The zero-order valence-electron chi connectivity index (χ0n) is 9.61. The molecular formula is C13H13BrN2O. The van der Waals surface area contributed by atoms with E-state index in [0.717, 1.165) is 23.3 Å². The highest BCUT2D eigenvalue weighted by Crippen LogP contribution is 2.27. The molecule has 88 valence electrons. The fourth-order valence-electron chi connectivity index (χ4n) is 2.10. The van der Waals surface area contributed by atoms with E-state index in [0.29, 0.717) is 6.61 Å². The van der Waals surface area contributed by atoms with Crippen LogP contribution in [0, 0.1) is 6.92 Å². The number of halogens is 1. The summed E-state index contributed by atoms with van der Waals surface area (Å²) in [5.74, 6) is 0. The van der Waals surface area contributed by atoms with E-state index in [9.17, 15) is 0 Å². The van der Waals surface area contributed by atoms with Gasteiger partial charge in [0.1, 0.15) is 4.60 Å². The Morgan fingerprint density at radius 2 is 2.06 bits per heavy atom. The fraction of sp³-hybridized carbons (Fsp3) is 0.308. The summed E-state index contributed by atoms with van der Waals surface area (Å²) in [5.41, 5.74) is 4.81. The van der Waals surface area contributed by atoms with E-state index in [1.54, 1.807) is 0 Å². The average molecular weight is 293 g/mol. The lowest BCUT2D eigenvalue weighted by atomic mass is 10.1. The summed E-state index contributed by atoms with van der Waals surface area (Å²) in [5, 5.41) is 4.55. The van der Waals surface area contributed by atoms with E-state index in [1.807, 2.05) is 4.68 Å². The van der Waals surface area contributed by atoms with Crippen molar-refractivity contribution in [3.63, 3.8) is 0 Å². The number of nitrogens with zero attached hydrogens (tertiary/aromatic N) is 2. The van der Waals surface area contributed by atoms with Gasteiger partial charge < -0.3 is 4.74 Å². The molecule has 1 aliphatic heterocycles.